The second-order valence-corrected chi connectivity index (χ2v) is 5.17. The first-order chi connectivity index (χ1) is 8.99. The molecule has 0 saturated carbocycles. The highest BCUT2D eigenvalue weighted by atomic mass is 19.3. The monoisotopic (exact) mass is 268 g/mol. The summed E-state index contributed by atoms with van der Waals surface area (Å²) < 4.78 is 31.0. The lowest BCUT2D eigenvalue weighted by Crippen LogP contribution is -2.16. The summed E-state index contributed by atoms with van der Waals surface area (Å²) in [6.45, 7) is 5.66. The molecule has 0 aromatic rings. The summed E-state index contributed by atoms with van der Waals surface area (Å²) in [6, 6.07) is 0. The van der Waals surface area contributed by atoms with Gasteiger partial charge in [0.25, 0.3) is 6.43 Å². The summed E-state index contributed by atoms with van der Waals surface area (Å²) in [5.41, 5.74) is 1.63. The number of rotatable bonds is 1. The molecule has 19 heavy (non-hydrogen) atoms. The maximum Gasteiger partial charge on any atom is 0.334 e. The average molecular weight is 268 g/mol. The number of esters is 1. The molecule has 1 fully saturated rings. The Labute approximate surface area is 111 Å². The lowest BCUT2D eigenvalue weighted by Gasteiger charge is -2.18. The van der Waals surface area contributed by atoms with Crippen molar-refractivity contribution < 1.29 is 18.3 Å². The molecule has 0 unspecified atom stereocenters. The largest absolute Gasteiger partial charge is 0.454 e. The summed E-state index contributed by atoms with van der Waals surface area (Å²) in [6.07, 6.45) is 2.89. The fraction of sp³-hybridized carbons (Fsp3) is 0.533. The molecule has 104 valence electrons. The molecule has 0 N–H and O–H groups in total. The third-order valence-electron chi connectivity index (χ3n) is 3.77. The Morgan fingerprint density at radius 1 is 1.42 bits per heavy atom. The van der Waals surface area contributed by atoms with Crippen LogP contribution in [-0.4, -0.2) is 18.5 Å². The molecule has 1 heterocycles. The summed E-state index contributed by atoms with van der Waals surface area (Å²) in [5.74, 6) is -0.580. The first kappa shape index (κ1) is 14.0. The van der Waals surface area contributed by atoms with Crippen molar-refractivity contribution >= 4 is 5.97 Å². The fourth-order valence-electron chi connectivity index (χ4n) is 2.59. The van der Waals surface area contributed by atoms with Crippen LogP contribution in [0.25, 0.3) is 0 Å². The van der Waals surface area contributed by atoms with Crippen molar-refractivity contribution in [2.24, 2.45) is 5.92 Å². The Hall–Kier alpha value is -1.45. The maximum atomic E-state index is 12.9. The number of hydrogen-bond acceptors (Lipinski definition) is 2. The topological polar surface area (TPSA) is 26.3 Å². The van der Waals surface area contributed by atoms with Gasteiger partial charge in [0.2, 0.25) is 0 Å². The van der Waals surface area contributed by atoms with Crippen LogP contribution >= 0.6 is 0 Å². The molecule has 0 aromatic heterocycles. The van der Waals surface area contributed by atoms with Gasteiger partial charge in [-0.25, -0.2) is 13.6 Å². The van der Waals surface area contributed by atoms with Crippen LogP contribution in [-0.2, 0) is 9.53 Å². The van der Waals surface area contributed by atoms with E-state index in [0.29, 0.717) is 31.3 Å². The number of fused-ring (bicyclic) bond motifs is 1. The van der Waals surface area contributed by atoms with E-state index in [1.165, 1.54) is 0 Å². The number of halogens is 2. The van der Waals surface area contributed by atoms with Crippen LogP contribution < -0.4 is 0 Å². The maximum absolute atomic E-state index is 12.9. The van der Waals surface area contributed by atoms with Crippen LogP contribution in [0.5, 0.6) is 0 Å². The zero-order chi connectivity index (χ0) is 14.0. The van der Waals surface area contributed by atoms with Crippen LogP contribution in [0.3, 0.4) is 0 Å². The summed E-state index contributed by atoms with van der Waals surface area (Å²) in [5, 5.41) is 0. The van der Waals surface area contributed by atoms with E-state index in [2.05, 4.69) is 6.58 Å². The zero-order valence-corrected chi connectivity index (χ0v) is 11.0. The van der Waals surface area contributed by atoms with Crippen molar-refractivity contribution in [1.82, 2.24) is 0 Å². The minimum absolute atomic E-state index is 0.167. The Kier molecular flexibility index (Phi) is 4.17. The molecule has 0 spiro atoms. The lowest BCUT2D eigenvalue weighted by atomic mass is 9.88. The predicted octanol–water partition coefficient (Wildman–Crippen LogP) is 3.80. The average Bonchev–Trinajstić information content (AvgIpc) is 2.60. The van der Waals surface area contributed by atoms with E-state index in [0.717, 1.165) is 5.57 Å². The van der Waals surface area contributed by atoms with Gasteiger partial charge in [-0.05, 0) is 44.3 Å². The van der Waals surface area contributed by atoms with E-state index < -0.39 is 12.4 Å². The Morgan fingerprint density at radius 3 is 2.84 bits per heavy atom. The van der Waals surface area contributed by atoms with Gasteiger partial charge < -0.3 is 4.74 Å². The number of alkyl halides is 2. The van der Waals surface area contributed by atoms with E-state index in [1.54, 1.807) is 6.08 Å². The molecule has 0 aromatic carbocycles. The van der Waals surface area contributed by atoms with Gasteiger partial charge in [0.05, 0.1) is 0 Å². The minimum Gasteiger partial charge on any atom is -0.454 e. The third-order valence-corrected chi connectivity index (χ3v) is 3.77. The molecular weight excluding hydrogens is 250 g/mol. The molecule has 1 aliphatic carbocycles. The van der Waals surface area contributed by atoms with Gasteiger partial charge in [-0.1, -0.05) is 18.2 Å². The van der Waals surface area contributed by atoms with E-state index in [4.69, 9.17) is 4.74 Å². The highest BCUT2D eigenvalue weighted by molar-refractivity contribution is 5.91. The standard InChI is InChI=1S/C15H18F2O2/c1-9-4-3-5-11(14(16)17)6-7-12-10(2)15(18)19-13(12)8-9/h5,8,12-14H,2-4,6-7H2,1H3/b9-8+,11-5+/t12-,13+/m0/s1. The second-order valence-electron chi connectivity index (χ2n) is 5.17. The molecule has 1 aliphatic heterocycles. The van der Waals surface area contributed by atoms with E-state index in [-0.39, 0.29) is 17.6 Å². The SMILES string of the molecule is C=C1C(=O)O[C@@H]2/C=C(\C)CC/C=C(/C(F)F)CC[C@@H]12. The molecule has 0 radical (unpaired) electrons. The summed E-state index contributed by atoms with van der Waals surface area (Å²) in [7, 11) is 0. The van der Waals surface area contributed by atoms with Crippen LogP contribution in [0.15, 0.2) is 35.5 Å². The van der Waals surface area contributed by atoms with Gasteiger partial charge >= 0.3 is 5.97 Å². The summed E-state index contributed by atoms with van der Waals surface area (Å²) >= 11 is 0. The van der Waals surface area contributed by atoms with Gasteiger partial charge in [-0.3, -0.25) is 0 Å². The first-order valence-electron chi connectivity index (χ1n) is 6.53. The van der Waals surface area contributed by atoms with Crippen molar-refractivity contribution in [3.63, 3.8) is 0 Å². The Balaban J connectivity index is 2.23. The van der Waals surface area contributed by atoms with Crippen LogP contribution in [0, 0.1) is 5.92 Å². The van der Waals surface area contributed by atoms with Crippen molar-refractivity contribution in [3.8, 4) is 0 Å². The second kappa shape index (κ2) is 5.68. The van der Waals surface area contributed by atoms with E-state index >= 15 is 0 Å². The fourth-order valence-corrected chi connectivity index (χ4v) is 2.59. The molecule has 0 amide bonds. The first-order valence-corrected chi connectivity index (χ1v) is 6.53. The third kappa shape index (κ3) is 3.11. The summed E-state index contributed by atoms with van der Waals surface area (Å²) in [4.78, 5) is 11.5. The van der Waals surface area contributed by atoms with Crippen molar-refractivity contribution in [2.75, 3.05) is 0 Å². The highest BCUT2D eigenvalue weighted by Gasteiger charge is 2.37. The molecular formula is C15H18F2O2. The van der Waals surface area contributed by atoms with Gasteiger partial charge in [0.1, 0.15) is 6.10 Å². The molecule has 2 rings (SSSR count). The number of carbonyl (C=O) groups excluding carboxylic acids is 1. The zero-order valence-electron chi connectivity index (χ0n) is 11.0. The van der Waals surface area contributed by atoms with Crippen LogP contribution in [0.4, 0.5) is 8.78 Å². The van der Waals surface area contributed by atoms with Gasteiger partial charge in [0.15, 0.2) is 0 Å². The number of ether oxygens (including phenoxy) is 1. The van der Waals surface area contributed by atoms with Gasteiger partial charge in [0, 0.05) is 11.5 Å². The molecule has 2 atom stereocenters. The number of hydrogen-bond donors (Lipinski definition) is 0. The number of allylic oxidation sites excluding steroid dienone is 3. The molecule has 1 saturated heterocycles. The normalized spacial score (nSPS) is 34.1. The lowest BCUT2D eigenvalue weighted by molar-refractivity contribution is -0.137. The quantitative estimate of drug-likeness (QED) is 0.411. The molecule has 4 heteroatoms. The van der Waals surface area contributed by atoms with Gasteiger partial charge in [-0.2, -0.15) is 0 Å². The van der Waals surface area contributed by atoms with Crippen LogP contribution in [0.1, 0.15) is 32.6 Å². The van der Waals surface area contributed by atoms with Crippen molar-refractivity contribution in [1.29, 1.82) is 0 Å². The molecule has 2 nitrogen and oxygen atoms in total. The van der Waals surface area contributed by atoms with E-state index in [9.17, 15) is 13.6 Å². The van der Waals surface area contributed by atoms with E-state index in [1.807, 2.05) is 13.0 Å². The molecule has 2 aliphatic rings. The van der Waals surface area contributed by atoms with Gasteiger partial charge in [-0.15, -0.1) is 0 Å². The van der Waals surface area contributed by atoms with Crippen molar-refractivity contribution in [2.45, 2.75) is 45.1 Å². The minimum atomic E-state index is -2.42. The van der Waals surface area contributed by atoms with Crippen molar-refractivity contribution in [3.05, 3.63) is 35.5 Å². The predicted molar refractivity (Wildman–Crippen MR) is 68.8 cm³/mol. The highest BCUT2D eigenvalue weighted by Crippen LogP contribution is 2.35. The Bertz CT molecular complexity index is 449. The smallest absolute Gasteiger partial charge is 0.334 e. The Morgan fingerprint density at radius 2 is 2.16 bits per heavy atom. The van der Waals surface area contributed by atoms with Crippen LogP contribution in [0.2, 0.25) is 0 Å². The molecule has 0 bridgehead atoms. The number of carbonyl (C=O) groups is 1.